The molecule has 0 saturated heterocycles. The van der Waals surface area contributed by atoms with Crippen molar-refractivity contribution in [1.29, 1.82) is 0 Å². The first-order valence-electron chi connectivity index (χ1n) is 10.3. The average Bonchev–Trinajstić information content (AvgIpc) is 3.08. The quantitative estimate of drug-likeness (QED) is 0.435. The lowest BCUT2D eigenvalue weighted by Gasteiger charge is -2.16. The van der Waals surface area contributed by atoms with Crippen LogP contribution in [-0.4, -0.2) is 31.5 Å². The van der Waals surface area contributed by atoms with Gasteiger partial charge >= 0.3 is 5.97 Å². The van der Waals surface area contributed by atoms with Crippen molar-refractivity contribution in [3.05, 3.63) is 71.2 Å². The molecule has 1 heterocycles. The van der Waals surface area contributed by atoms with E-state index in [0.717, 1.165) is 52.7 Å². The van der Waals surface area contributed by atoms with E-state index in [1.165, 1.54) is 0 Å². The van der Waals surface area contributed by atoms with E-state index in [1.54, 1.807) is 23.9 Å². The molecule has 158 valence electrons. The number of aromatic nitrogens is 2. The maximum atomic E-state index is 11.8. The Morgan fingerprint density at radius 3 is 2.43 bits per heavy atom. The number of unbranched alkanes of at least 4 members (excludes halogenated alkanes) is 1. The molecular weight excluding hydrogens is 396 g/mol. The van der Waals surface area contributed by atoms with Gasteiger partial charge in [-0.2, -0.15) is 0 Å². The van der Waals surface area contributed by atoms with Crippen molar-refractivity contribution in [2.75, 3.05) is 5.75 Å². The minimum Gasteiger partial charge on any atom is -0.478 e. The van der Waals surface area contributed by atoms with Crippen molar-refractivity contribution < 1.29 is 15.0 Å². The van der Waals surface area contributed by atoms with E-state index < -0.39 is 5.97 Å². The summed E-state index contributed by atoms with van der Waals surface area (Å²) in [4.78, 5) is 16.6. The van der Waals surface area contributed by atoms with Crippen LogP contribution in [0, 0.1) is 0 Å². The Labute approximate surface area is 181 Å². The number of imidazole rings is 1. The smallest absolute Gasteiger partial charge is 0.336 e. The van der Waals surface area contributed by atoms with Crippen LogP contribution in [0.25, 0.3) is 11.1 Å². The second-order valence-electron chi connectivity index (χ2n) is 7.07. The predicted molar refractivity (Wildman–Crippen MR) is 121 cm³/mol. The summed E-state index contributed by atoms with van der Waals surface area (Å²) in [5, 5.41) is 20.6. The zero-order valence-electron chi connectivity index (χ0n) is 17.5. The average molecular weight is 425 g/mol. The summed E-state index contributed by atoms with van der Waals surface area (Å²) in [6, 6.07) is 14.9. The van der Waals surface area contributed by atoms with Gasteiger partial charge in [0.25, 0.3) is 0 Å². The Hall–Kier alpha value is -2.57. The lowest BCUT2D eigenvalue weighted by Crippen LogP contribution is -2.10. The summed E-state index contributed by atoms with van der Waals surface area (Å²) >= 11 is 1.64. The van der Waals surface area contributed by atoms with Crippen LogP contribution in [0.4, 0.5) is 0 Å². The second kappa shape index (κ2) is 10.5. The van der Waals surface area contributed by atoms with E-state index in [-0.39, 0.29) is 12.2 Å². The molecule has 0 aliphatic carbocycles. The Morgan fingerprint density at radius 1 is 1.07 bits per heavy atom. The van der Waals surface area contributed by atoms with E-state index in [2.05, 4.69) is 18.4 Å². The zero-order chi connectivity index (χ0) is 21.5. The van der Waals surface area contributed by atoms with Crippen molar-refractivity contribution in [3.8, 4) is 11.1 Å². The molecule has 0 fully saturated rings. The molecule has 3 aromatic rings. The fraction of sp³-hybridized carbons (Fsp3) is 0.333. The highest BCUT2D eigenvalue weighted by Crippen LogP contribution is 2.30. The topological polar surface area (TPSA) is 75.4 Å². The largest absolute Gasteiger partial charge is 0.478 e. The van der Waals surface area contributed by atoms with E-state index in [1.807, 2.05) is 36.4 Å². The normalized spacial score (nSPS) is 11.0. The number of benzene rings is 2. The molecule has 2 N–H and O–H groups in total. The van der Waals surface area contributed by atoms with Crippen LogP contribution < -0.4 is 0 Å². The monoisotopic (exact) mass is 424 g/mol. The van der Waals surface area contributed by atoms with Crippen molar-refractivity contribution in [2.24, 2.45) is 0 Å². The molecule has 0 bridgehead atoms. The molecule has 30 heavy (non-hydrogen) atoms. The minimum absolute atomic E-state index is 0.0741. The van der Waals surface area contributed by atoms with E-state index >= 15 is 0 Å². The van der Waals surface area contributed by atoms with Gasteiger partial charge in [-0.25, -0.2) is 9.78 Å². The highest BCUT2D eigenvalue weighted by molar-refractivity contribution is 7.99. The first-order chi connectivity index (χ1) is 14.6. The fourth-order valence-corrected chi connectivity index (χ4v) is 4.41. The highest BCUT2D eigenvalue weighted by Gasteiger charge is 2.19. The van der Waals surface area contributed by atoms with Crippen LogP contribution in [0.2, 0.25) is 0 Å². The van der Waals surface area contributed by atoms with E-state index in [9.17, 15) is 15.0 Å². The molecule has 0 atom stereocenters. The van der Waals surface area contributed by atoms with Crippen LogP contribution >= 0.6 is 11.8 Å². The molecule has 0 saturated carbocycles. The second-order valence-corrected chi connectivity index (χ2v) is 8.32. The molecule has 3 rings (SSSR count). The number of nitrogens with zero attached hydrogens (tertiary/aromatic N) is 2. The van der Waals surface area contributed by atoms with Crippen LogP contribution in [0.1, 0.15) is 54.1 Å². The number of carbonyl (C=O) groups is 1. The van der Waals surface area contributed by atoms with Gasteiger partial charge in [-0.3, -0.25) is 0 Å². The maximum absolute atomic E-state index is 11.8. The van der Waals surface area contributed by atoms with Gasteiger partial charge in [-0.15, -0.1) is 11.8 Å². The number of aryl methyl sites for hydroxylation is 1. The molecule has 6 heteroatoms. The summed E-state index contributed by atoms with van der Waals surface area (Å²) < 4.78 is 2.11. The van der Waals surface area contributed by atoms with Crippen LogP contribution in [0.5, 0.6) is 0 Å². The SMILES string of the molecule is CCCCc1nc(SCC)c(CO)n1Cc1ccccc1-c1ccccc1C(=O)O. The van der Waals surface area contributed by atoms with Gasteiger partial charge in [-0.1, -0.05) is 62.7 Å². The number of carboxylic acids is 1. The molecular formula is C24H28N2O3S. The van der Waals surface area contributed by atoms with E-state index in [4.69, 9.17) is 4.98 Å². The first-order valence-corrected chi connectivity index (χ1v) is 11.3. The maximum Gasteiger partial charge on any atom is 0.336 e. The molecule has 1 aromatic heterocycles. The number of carboxylic acid groups (broad SMARTS) is 1. The van der Waals surface area contributed by atoms with Crippen molar-refractivity contribution in [1.82, 2.24) is 9.55 Å². The number of rotatable bonds is 10. The fourth-order valence-electron chi connectivity index (χ4n) is 3.63. The van der Waals surface area contributed by atoms with Crippen LogP contribution in [0.15, 0.2) is 53.6 Å². The van der Waals surface area contributed by atoms with Gasteiger partial charge in [-0.05, 0) is 34.9 Å². The molecule has 0 aliphatic rings. The van der Waals surface area contributed by atoms with Gasteiger partial charge in [0.1, 0.15) is 10.9 Å². The third-order valence-electron chi connectivity index (χ3n) is 5.09. The zero-order valence-corrected chi connectivity index (χ0v) is 18.3. The van der Waals surface area contributed by atoms with Gasteiger partial charge in [0.05, 0.1) is 17.9 Å². The van der Waals surface area contributed by atoms with Gasteiger partial charge < -0.3 is 14.8 Å². The summed E-state index contributed by atoms with van der Waals surface area (Å²) in [6.07, 6.45) is 2.95. The number of aliphatic hydroxyl groups excluding tert-OH is 1. The molecule has 5 nitrogen and oxygen atoms in total. The number of aliphatic hydroxyl groups is 1. The molecule has 0 spiro atoms. The Balaban J connectivity index is 2.09. The molecule has 0 unspecified atom stereocenters. The van der Waals surface area contributed by atoms with Gasteiger partial charge in [0.2, 0.25) is 0 Å². The van der Waals surface area contributed by atoms with Crippen molar-refractivity contribution in [3.63, 3.8) is 0 Å². The number of aromatic carboxylic acids is 1. The van der Waals surface area contributed by atoms with Crippen molar-refractivity contribution in [2.45, 2.75) is 51.3 Å². The summed E-state index contributed by atoms with van der Waals surface area (Å²) in [5.74, 6) is 0.919. The molecule has 2 aromatic carbocycles. The molecule has 0 aliphatic heterocycles. The highest BCUT2D eigenvalue weighted by atomic mass is 32.2. The van der Waals surface area contributed by atoms with Gasteiger partial charge in [0, 0.05) is 13.0 Å². The van der Waals surface area contributed by atoms with Crippen LogP contribution in [0.3, 0.4) is 0 Å². The number of hydrogen-bond acceptors (Lipinski definition) is 4. The Morgan fingerprint density at radius 2 is 1.77 bits per heavy atom. The van der Waals surface area contributed by atoms with Crippen molar-refractivity contribution >= 4 is 17.7 Å². The third-order valence-corrected chi connectivity index (χ3v) is 5.98. The standard InChI is InChI=1S/C24H28N2O3S/c1-3-5-14-22-25-23(30-4-2)21(16-27)26(22)15-17-10-6-7-11-18(17)19-12-8-9-13-20(19)24(28)29/h6-13,27H,3-5,14-16H2,1-2H3,(H,28,29). The Bertz CT molecular complexity index is 1010. The minimum atomic E-state index is -0.940. The lowest BCUT2D eigenvalue weighted by molar-refractivity contribution is 0.0697. The molecule has 0 radical (unpaired) electrons. The summed E-state index contributed by atoms with van der Waals surface area (Å²) in [6.45, 7) is 4.69. The van der Waals surface area contributed by atoms with E-state index in [0.29, 0.717) is 12.1 Å². The van der Waals surface area contributed by atoms with Gasteiger partial charge in [0.15, 0.2) is 0 Å². The third kappa shape index (κ3) is 4.77. The number of hydrogen-bond donors (Lipinski definition) is 2. The summed E-state index contributed by atoms with van der Waals surface area (Å²) in [7, 11) is 0. The molecule has 0 amide bonds. The lowest BCUT2D eigenvalue weighted by atomic mass is 9.95. The predicted octanol–water partition coefficient (Wildman–Crippen LogP) is 5.24. The van der Waals surface area contributed by atoms with Crippen LogP contribution in [-0.2, 0) is 19.6 Å². The number of thioether (sulfide) groups is 1. The summed E-state index contributed by atoms with van der Waals surface area (Å²) in [5.41, 5.74) is 3.70. The Kier molecular flexibility index (Phi) is 7.71. The first kappa shape index (κ1) is 22.1.